The van der Waals surface area contributed by atoms with Crippen molar-refractivity contribution in [2.45, 2.75) is 58.5 Å². The molecular weight excluding hydrogens is 528 g/mol. The van der Waals surface area contributed by atoms with Gasteiger partial charge in [0.15, 0.2) is 0 Å². The van der Waals surface area contributed by atoms with Crippen molar-refractivity contribution in [3.8, 4) is 5.75 Å². The average molecular weight is 573 g/mol. The van der Waals surface area contributed by atoms with E-state index in [1.807, 2.05) is 79.7 Å². The predicted molar refractivity (Wildman–Crippen MR) is 172 cm³/mol. The van der Waals surface area contributed by atoms with Gasteiger partial charge in [0.2, 0.25) is 5.91 Å². The van der Waals surface area contributed by atoms with Gasteiger partial charge in [0.05, 0.1) is 7.11 Å². The molecule has 0 fully saturated rings. The van der Waals surface area contributed by atoms with Crippen LogP contribution in [0.3, 0.4) is 0 Å². The van der Waals surface area contributed by atoms with Crippen molar-refractivity contribution < 1.29 is 9.53 Å². The molecule has 0 spiro atoms. The standard InChI is InChI=1S/C23H28N4O2.C6H6.C5H10S/c1-29-21-12-6-5-11-20(21)17-24-23(28)14-8-7-13-22-26-25-18-27(22)16-15-19-9-3-2-4-10-19;1-2-4-6-5-3-1;1-2-3-4-5-6/h2-6,9-12,18H,7-8,13-17H2,1H3,(H,24,28);1-6H;2-3,6H,4-5H2,1H3/b;;3-2+. The van der Waals surface area contributed by atoms with Crippen LogP contribution in [0.2, 0.25) is 0 Å². The third kappa shape index (κ3) is 14.9. The first-order valence-corrected chi connectivity index (χ1v) is 14.8. The van der Waals surface area contributed by atoms with Gasteiger partial charge in [0, 0.05) is 31.5 Å². The van der Waals surface area contributed by atoms with Gasteiger partial charge in [-0.05, 0) is 50.0 Å². The zero-order valence-electron chi connectivity index (χ0n) is 24.4. The molecule has 7 heteroatoms. The maximum absolute atomic E-state index is 12.1. The van der Waals surface area contributed by atoms with E-state index in [2.05, 4.69) is 63.1 Å². The van der Waals surface area contributed by atoms with Crippen LogP contribution in [0.15, 0.2) is 109 Å². The van der Waals surface area contributed by atoms with Crippen LogP contribution in [-0.2, 0) is 30.7 Å². The molecule has 0 saturated carbocycles. The van der Waals surface area contributed by atoms with Gasteiger partial charge in [-0.2, -0.15) is 12.6 Å². The van der Waals surface area contributed by atoms with Crippen LogP contribution in [-0.4, -0.2) is 33.5 Å². The number of ether oxygens (including phenoxy) is 1. The van der Waals surface area contributed by atoms with Crippen molar-refractivity contribution >= 4 is 18.5 Å². The van der Waals surface area contributed by atoms with Gasteiger partial charge in [0.1, 0.15) is 17.9 Å². The lowest BCUT2D eigenvalue weighted by atomic mass is 10.1. The van der Waals surface area contributed by atoms with E-state index in [1.165, 1.54) is 5.56 Å². The van der Waals surface area contributed by atoms with Gasteiger partial charge >= 0.3 is 0 Å². The lowest BCUT2D eigenvalue weighted by Crippen LogP contribution is -2.22. The fraction of sp³-hybridized carbons (Fsp3) is 0.324. The van der Waals surface area contributed by atoms with E-state index in [1.54, 1.807) is 13.4 Å². The molecule has 0 aliphatic carbocycles. The summed E-state index contributed by atoms with van der Waals surface area (Å²) in [4.78, 5) is 12.1. The number of unbranched alkanes of at least 4 members (excludes halogenated alkanes) is 1. The summed E-state index contributed by atoms with van der Waals surface area (Å²) < 4.78 is 7.42. The quantitative estimate of drug-likeness (QED) is 0.102. The van der Waals surface area contributed by atoms with Crippen LogP contribution in [0.5, 0.6) is 5.75 Å². The number of carbonyl (C=O) groups is 1. The number of allylic oxidation sites excluding steroid dienone is 2. The summed E-state index contributed by atoms with van der Waals surface area (Å²) >= 11 is 4.00. The summed E-state index contributed by atoms with van der Waals surface area (Å²) in [5.74, 6) is 2.80. The van der Waals surface area contributed by atoms with Crippen molar-refractivity contribution in [1.82, 2.24) is 20.1 Å². The molecule has 1 N–H and O–H groups in total. The van der Waals surface area contributed by atoms with Crippen LogP contribution in [0, 0.1) is 0 Å². The van der Waals surface area contributed by atoms with Gasteiger partial charge in [0.25, 0.3) is 0 Å². The summed E-state index contributed by atoms with van der Waals surface area (Å²) in [7, 11) is 1.64. The number of nitrogens with one attached hydrogen (secondary N) is 1. The molecule has 1 amide bonds. The molecular formula is C34H44N4O2S. The molecule has 4 aromatic rings. The van der Waals surface area contributed by atoms with Crippen LogP contribution in [0.25, 0.3) is 0 Å². The predicted octanol–water partition coefficient (Wildman–Crippen LogP) is 7.13. The van der Waals surface area contributed by atoms with E-state index in [-0.39, 0.29) is 5.91 Å². The second-order valence-electron chi connectivity index (χ2n) is 9.21. The first-order chi connectivity index (χ1) is 20.2. The van der Waals surface area contributed by atoms with Crippen molar-refractivity contribution in [3.63, 3.8) is 0 Å². The summed E-state index contributed by atoms with van der Waals surface area (Å²) in [5, 5.41) is 11.3. The van der Waals surface area contributed by atoms with Crippen LogP contribution in [0.4, 0.5) is 0 Å². The van der Waals surface area contributed by atoms with Gasteiger partial charge in [-0.15, -0.1) is 10.2 Å². The van der Waals surface area contributed by atoms with Gasteiger partial charge in [-0.25, -0.2) is 0 Å². The lowest BCUT2D eigenvalue weighted by Gasteiger charge is -2.09. The Morgan fingerprint density at radius 1 is 0.927 bits per heavy atom. The van der Waals surface area contributed by atoms with E-state index >= 15 is 0 Å². The number of hydrogen-bond acceptors (Lipinski definition) is 5. The minimum atomic E-state index is 0.0569. The lowest BCUT2D eigenvalue weighted by molar-refractivity contribution is -0.121. The molecule has 0 aliphatic heterocycles. The highest BCUT2D eigenvalue weighted by Gasteiger charge is 2.07. The minimum absolute atomic E-state index is 0.0569. The fourth-order valence-electron chi connectivity index (χ4n) is 3.88. The Kier molecular flexibility index (Phi) is 17.8. The molecule has 0 atom stereocenters. The maximum Gasteiger partial charge on any atom is 0.220 e. The second kappa shape index (κ2) is 21.9. The third-order valence-electron chi connectivity index (χ3n) is 6.10. The number of carbonyl (C=O) groups excluding carboxylic acids is 1. The molecule has 1 heterocycles. The van der Waals surface area contributed by atoms with E-state index in [9.17, 15) is 4.79 Å². The highest BCUT2D eigenvalue weighted by atomic mass is 32.1. The van der Waals surface area contributed by atoms with Crippen molar-refractivity contribution in [3.05, 3.63) is 126 Å². The Morgan fingerprint density at radius 3 is 2.22 bits per heavy atom. The van der Waals surface area contributed by atoms with E-state index in [0.717, 1.165) is 61.5 Å². The van der Waals surface area contributed by atoms with E-state index < -0.39 is 0 Å². The number of benzene rings is 3. The Hall–Kier alpha value is -3.84. The average Bonchev–Trinajstić information content (AvgIpc) is 3.49. The van der Waals surface area contributed by atoms with Crippen LogP contribution >= 0.6 is 12.6 Å². The number of para-hydroxylation sites is 1. The van der Waals surface area contributed by atoms with Crippen molar-refractivity contribution in [2.24, 2.45) is 0 Å². The topological polar surface area (TPSA) is 69.0 Å². The highest BCUT2D eigenvalue weighted by molar-refractivity contribution is 7.80. The van der Waals surface area contributed by atoms with E-state index in [0.29, 0.717) is 13.0 Å². The number of nitrogens with zero attached hydrogens (tertiary/aromatic N) is 3. The molecule has 3 aromatic carbocycles. The Bertz CT molecular complexity index is 1200. The van der Waals surface area contributed by atoms with Gasteiger partial charge in [-0.1, -0.05) is 97.1 Å². The van der Waals surface area contributed by atoms with Crippen molar-refractivity contribution in [1.29, 1.82) is 0 Å². The minimum Gasteiger partial charge on any atom is -0.496 e. The van der Waals surface area contributed by atoms with Gasteiger partial charge in [-0.3, -0.25) is 4.79 Å². The number of methoxy groups -OCH3 is 1. The van der Waals surface area contributed by atoms with Gasteiger partial charge < -0.3 is 14.6 Å². The number of rotatable bonds is 13. The highest BCUT2D eigenvalue weighted by Crippen LogP contribution is 2.16. The normalized spacial score (nSPS) is 10.2. The molecule has 0 unspecified atom stereocenters. The van der Waals surface area contributed by atoms with Crippen molar-refractivity contribution in [2.75, 3.05) is 12.9 Å². The zero-order chi connectivity index (χ0) is 29.4. The largest absolute Gasteiger partial charge is 0.496 e. The molecule has 0 saturated heterocycles. The summed E-state index contributed by atoms with van der Waals surface area (Å²) in [6.07, 6.45) is 11.1. The summed E-state index contributed by atoms with van der Waals surface area (Å²) in [6.45, 7) is 3.37. The number of amides is 1. The first kappa shape index (κ1) is 33.4. The number of thiol groups is 1. The number of aromatic nitrogens is 3. The smallest absolute Gasteiger partial charge is 0.220 e. The second-order valence-corrected chi connectivity index (χ2v) is 9.66. The number of aryl methyl sites for hydroxylation is 3. The maximum atomic E-state index is 12.1. The fourth-order valence-corrected chi connectivity index (χ4v) is 4.03. The number of hydrogen-bond donors (Lipinski definition) is 2. The summed E-state index contributed by atoms with van der Waals surface area (Å²) in [6, 6.07) is 30.1. The Morgan fingerprint density at radius 2 is 1.59 bits per heavy atom. The molecule has 4 rings (SSSR count). The first-order valence-electron chi connectivity index (χ1n) is 14.2. The van der Waals surface area contributed by atoms with Crippen LogP contribution in [0.1, 0.15) is 49.6 Å². The van der Waals surface area contributed by atoms with Crippen LogP contribution < -0.4 is 10.1 Å². The molecule has 6 nitrogen and oxygen atoms in total. The Balaban J connectivity index is 0.000000406. The summed E-state index contributed by atoms with van der Waals surface area (Å²) in [5.41, 5.74) is 2.29. The Labute approximate surface area is 251 Å². The SMILES string of the molecule is C/C=C/CCS.COc1ccccc1CNC(=O)CCCCc1nncn1CCc1ccccc1.c1ccccc1. The monoisotopic (exact) mass is 572 g/mol. The molecule has 41 heavy (non-hydrogen) atoms. The zero-order valence-corrected chi connectivity index (χ0v) is 25.3. The molecule has 218 valence electrons. The molecule has 1 aromatic heterocycles. The molecule has 0 aliphatic rings. The molecule has 0 bridgehead atoms. The molecule has 0 radical (unpaired) electrons. The van der Waals surface area contributed by atoms with E-state index in [4.69, 9.17) is 4.74 Å². The third-order valence-corrected chi connectivity index (χ3v) is 6.36.